The van der Waals surface area contributed by atoms with Crippen molar-refractivity contribution in [3.05, 3.63) is 22.7 Å². The molecule has 0 spiro atoms. The van der Waals surface area contributed by atoms with Gasteiger partial charge < -0.3 is 9.64 Å². The van der Waals surface area contributed by atoms with Crippen molar-refractivity contribution in [1.29, 1.82) is 0 Å². The number of carbonyl (C=O) groups is 1. The normalized spacial score (nSPS) is 16.3. The van der Waals surface area contributed by atoms with Gasteiger partial charge >= 0.3 is 21.5 Å². The third kappa shape index (κ3) is 6.69. The molecule has 15 heteroatoms. The maximum absolute atomic E-state index is 13.1. The van der Waals surface area contributed by atoms with Gasteiger partial charge in [0.1, 0.15) is 5.69 Å². The van der Waals surface area contributed by atoms with E-state index in [1.165, 1.54) is 12.1 Å². The summed E-state index contributed by atoms with van der Waals surface area (Å²) in [7, 11) is -5.70. The molecule has 198 valence electrons. The number of unbranched alkanes of at least 4 members (excludes halogenated alkanes) is 2. The Balaban J connectivity index is 2.01. The number of sulfonamides is 1. The molecule has 10 nitrogen and oxygen atoms in total. The Morgan fingerprint density at radius 1 is 1.25 bits per heavy atom. The SMILES string of the molecule is CCCCCN1CC(C)Cc2cc(N=Nc3nnc(C(=O)OCC)s3)c(NS(=O)(=O)C(F)(F)F)cc21. The number of azo groups is 1. The van der Waals surface area contributed by atoms with Crippen molar-refractivity contribution < 1.29 is 31.1 Å². The lowest BCUT2D eigenvalue weighted by molar-refractivity contribution is -0.0429. The molecule has 0 radical (unpaired) electrons. The maximum atomic E-state index is 13.1. The molecule has 0 amide bonds. The second-order valence-corrected chi connectivity index (χ2v) is 11.0. The Hall–Kier alpha value is -2.81. The monoisotopic (exact) mass is 548 g/mol. The molecule has 36 heavy (non-hydrogen) atoms. The highest BCUT2D eigenvalue weighted by atomic mass is 32.2. The number of rotatable bonds is 10. The molecule has 0 bridgehead atoms. The van der Waals surface area contributed by atoms with E-state index in [1.54, 1.807) is 11.6 Å². The van der Waals surface area contributed by atoms with Gasteiger partial charge in [-0.2, -0.15) is 21.6 Å². The molecule has 1 unspecified atom stereocenters. The van der Waals surface area contributed by atoms with Gasteiger partial charge in [0.2, 0.25) is 5.01 Å². The largest absolute Gasteiger partial charge is 0.516 e. The summed E-state index contributed by atoms with van der Waals surface area (Å²) in [6, 6.07) is 2.90. The van der Waals surface area contributed by atoms with Crippen LogP contribution >= 0.6 is 11.3 Å². The zero-order valence-electron chi connectivity index (χ0n) is 20.0. The van der Waals surface area contributed by atoms with E-state index in [0.717, 1.165) is 36.2 Å². The number of benzene rings is 1. The van der Waals surface area contributed by atoms with Crippen molar-refractivity contribution in [3.8, 4) is 0 Å². The second-order valence-electron chi connectivity index (χ2n) is 8.32. The van der Waals surface area contributed by atoms with Crippen LogP contribution in [0.2, 0.25) is 0 Å². The van der Waals surface area contributed by atoms with Crippen molar-refractivity contribution in [2.75, 3.05) is 29.3 Å². The molecule has 0 saturated carbocycles. The van der Waals surface area contributed by atoms with Crippen LogP contribution in [0.15, 0.2) is 22.4 Å². The Labute approximate surface area is 211 Å². The van der Waals surface area contributed by atoms with E-state index in [4.69, 9.17) is 4.74 Å². The summed E-state index contributed by atoms with van der Waals surface area (Å²) in [4.78, 5) is 13.8. The van der Waals surface area contributed by atoms with E-state index in [0.29, 0.717) is 25.2 Å². The van der Waals surface area contributed by atoms with E-state index in [9.17, 15) is 26.4 Å². The molecule has 1 atom stereocenters. The molecule has 0 saturated heterocycles. The number of hydrogen-bond donors (Lipinski definition) is 1. The number of aromatic nitrogens is 2. The van der Waals surface area contributed by atoms with Crippen molar-refractivity contribution in [1.82, 2.24) is 10.2 Å². The standard InChI is InChI=1S/C21H27F3N6O4S2/c1-4-6-7-8-30-12-13(3)9-14-10-15(16(11-17(14)30)29-36(32,33)21(22,23)24)25-27-20-28-26-18(35-20)19(31)34-5-2/h10-11,13,29H,4-9,12H2,1-3H3. The van der Waals surface area contributed by atoms with E-state index in [1.807, 2.05) is 0 Å². The number of nitrogens with one attached hydrogen (secondary N) is 1. The molecule has 1 aromatic heterocycles. The average Bonchev–Trinajstić information content (AvgIpc) is 3.26. The number of nitrogens with zero attached hydrogens (tertiary/aromatic N) is 5. The molecule has 3 rings (SSSR count). The van der Waals surface area contributed by atoms with Gasteiger partial charge in [-0.25, -0.2) is 4.79 Å². The van der Waals surface area contributed by atoms with Crippen LogP contribution in [0.5, 0.6) is 0 Å². The minimum Gasteiger partial charge on any atom is -0.461 e. The highest BCUT2D eigenvalue weighted by Crippen LogP contribution is 2.40. The van der Waals surface area contributed by atoms with Gasteiger partial charge in [0.15, 0.2) is 0 Å². The molecule has 1 aliphatic heterocycles. The smallest absolute Gasteiger partial charge is 0.461 e. The van der Waals surface area contributed by atoms with Crippen molar-refractivity contribution in [3.63, 3.8) is 0 Å². The quantitative estimate of drug-likeness (QED) is 0.233. The summed E-state index contributed by atoms with van der Waals surface area (Å²) in [5.41, 5.74) is -4.51. The minimum atomic E-state index is -5.70. The molecule has 1 aliphatic rings. The number of esters is 1. The Morgan fingerprint density at radius 2 is 2.00 bits per heavy atom. The third-order valence-corrected chi connectivity index (χ3v) is 7.21. The van der Waals surface area contributed by atoms with Crippen molar-refractivity contribution in [2.45, 2.75) is 52.0 Å². The molecule has 2 heterocycles. The Kier molecular flexibility index (Phi) is 8.87. The topological polar surface area (TPSA) is 126 Å². The van der Waals surface area contributed by atoms with Crippen molar-refractivity contribution in [2.24, 2.45) is 16.1 Å². The lowest BCUT2D eigenvalue weighted by atomic mass is 9.92. The van der Waals surface area contributed by atoms with Gasteiger partial charge in [-0.05, 0) is 43.4 Å². The first kappa shape index (κ1) is 27.8. The molecular formula is C21H27F3N6O4S2. The number of alkyl halides is 3. The van der Waals surface area contributed by atoms with Gasteiger partial charge in [-0.3, -0.25) is 4.72 Å². The van der Waals surface area contributed by atoms with Crippen LogP contribution in [-0.2, 0) is 21.2 Å². The number of hydrogen-bond acceptors (Lipinski definition) is 10. The summed E-state index contributed by atoms with van der Waals surface area (Å²) in [5.74, 6) is -0.419. The molecule has 1 aromatic carbocycles. The van der Waals surface area contributed by atoms with Crippen LogP contribution in [-0.4, -0.2) is 49.8 Å². The number of ether oxygens (including phenoxy) is 1. The number of halogens is 3. The van der Waals surface area contributed by atoms with E-state index >= 15 is 0 Å². The highest BCUT2D eigenvalue weighted by molar-refractivity contribution is 7.93. The van der Waals surface area contributed by atoms with Crippen LogP contribution in [0.1, 0.15) is 55.4 Å². The number of carbonyl (C=O) groups excluding carboxylic acids is 1. The maximum Gasteiger partial charge on any atom is 0.516 e. The molecule has 2 aromatic rings. The molecule has 0 fully saturated rings. The molecular weight excluding hydrogens is 521 g/mol. The fourth-order valence-corrected chi connectivity index (χ4v) is 4.88. The summed E-state index contributed by atoms with van der Waals surface area (Å²) < 4.78 is 69.7. The van der Waals surface area contributed by atoms with Gasteiger partial charge in [-0.15, -0.1) is 20.4 Å². The Morgan fingerprint density at radius 3 is 2.67 bits per heavy atom. The Bertz CT molecular complexity index is 1220. The summed E-state index contributed by atoms with van der Waals surface area (Å²) >= 11 is 0.780. The van der Waals surface area contributed by atoms with Gasteiger partial charge in [0, 0.05) is 18.8 Å². The molecule has 1 N–H and O–H groups in total. The zero-order chi connectivity index (χ0) is 26.5. The van der Waals surface area contributed by atoms with Crippen LogP contribution in [0.25, 0.3) is 0 Å². The zero-order valence-corrected chi connectivity index (χ0v) is 21.6. The van der Waals surface area contributed by atoms with Crippen LogP contribution in [0, 0.1) is 5.92 Å². The van der Waals surface area contributed by atoms with Gasteiger partial charge in [-0.1, -0.05) is 38.0 Å². The van der Waals surface area contributed by atoms with Gasteiger partial charge in [0.25, 0.3) is 5.13 Å². The predicted molar refractivity (Wildman–Crippen MR) is 130 cm³/mol. The summed E-state index contributed by atoms with van der Waals surface area (Å²) in [6.07, 6.45) is 3.54. The highest BCUT2D eigenvalue weighted by Gasteiger charge is 2.46. The van der Waals surface area contributed by atoms with E-state index in [-0.39, 0.29) is 34.0 Å². The fraction of sp³-hybridized carbons (Fsp3) is 0.571. The van der Waals surface area contributed by atoms with Crippen LogP contribution in [0.4, 0.5) is 35.4 Å². The lowest BCUT2D eigenvalue weighted by Crippen LogP contribution is -2.35. The van der Waals surface area contributed by atoms with Crippen LogP contribution in [0.3, 0.4) is 0 Å². The number of fused-ring (bicyclic) bond motifs is 1. The van der Waals surface area contributed by atoms with Crippen molar-refractivity contribution >= 4 is 49.5 Å². The summed E-state index contributed by atoms with van der Waals surface area (Å²) in [6.45, 7) is 7.30. The predicted octanol–water partition coefficient (Wildman–Crippen LogP) is 5.58. The average molecular weight is 549 g/mol. The first-order valence-corrected chi connectivity index (χ1v) is 13.7. The third-order valence-electron chi connectivity index (χ3n) is 5.33. The second kappa shape index (κ2) is 11.5. The first-order chi connectivity index (χ1) is 16.9. The van der Waals surface area contributed by atoms with Crippen LogP contribution < -0.4 is 9.62 Å². The molecule has 0 aliphatic carbocycles. The van der Waals surface area contributed by atoms with Gasteiger partial charge in [0.05, 0.1) is 12.3 Å². The lowest BCUT2D eigenvalue weighted by Gasteiger charge is -2.35. The number of anilines is 2. The summed E-state index contributed by atoms with van der Waals surface area (Å²) in [5, 5.41) is 15.1. The first-order valence-electron chi connectivity index (χ1n) is 11.4. The van der Waals surface area contributed by atoms with E-state index < -0.39 is 21.5 Å². The fourth-order valence-electron chi connectivity index (χ4n) is 3.75. The van der Waals surface area contributed by atoms with E-state index in [2.05, 4.69) is 39.2 Å². The minimum absolute atomic E-state index is 0.0463.